The number of carbonyl (C=O) groups excluding carboxylic acids is 1. The molecular formula is C14H24N2O. The highest BCUT2D eigenvalue weighted by molar-refractivity contribution is 5.77. The molecule has 0 radical (unpaired) electrons. The summed E-state index contributed by atoms with van der Waals surface area (Å²) in [5.74, 6) is 1.11. The van der Waals surface area contributed by atoms with Crippen LogP contribution in [0.3, 0.4) is 0 Å². The van der Waals surface area contributed by atoms with Gasteiger partial charge in [-0.1, -0.05) is 12.8 Å². The molecule has 2 aliphatic heterocycles. The number of hydrogen-bond acceptors (Lipinski definition) is 2. The SMILES string of the molecule is NC1CC2CCC(C1)N2C(=O)CC1CCCC1. The Balaban J connectivity index is 1.62. The van der Waals surface area contributed by atoms with Crippen molar-refractivity contribution in [2.75, 3.05) is 0 Å². The maximum absolute atomic E-state index is 12.4. The molecule has 0 aromatic heterocycles. The third-order valence-corrected chi connectivity index (χ3v) is 5.00. The summed E-state index contributed by atoms with van der Waals surface area (Å²) in [5, 5.41) is 0. The lowest BCUT2D eigenvalue weighted by atomic mass is 9.96. The lowest BCUT2D eigenvalue weighted by molar-refractivity contribution is -0.136. The molecule has 1 aliphatic carbocycles. The lowest BCUT2D eigenvalue weighted by Gasteiger charge is -2.38. The highest BCUT2D eigenvalue weighted by atomic mass is 16.2. The van der Waals surface area contributed by atoms with Crippen molar-refractivity contribution < 1.29 is 4.79 Å². The van der Waals surface area contributed by atoms with Gasteiger partial charge in [0.05, 0.1) is 0 Å². The summed E-state index contributed by atoms with van der Waals surface area (Å²) in [6.45, 7) is 0. The van der Waals surface area contributed by atoms with E-state index in [0.29, 0.717) is 30.0 Å². The number of nitrogens with two attached hydrogens (primary N) is 1. The highest BCUT2D eigenvalue weighted by Gasteiger charge is 2.42. The minimum atomic E-state index is 0.336. The Hall–Kier alpha value is -0.570. The molecule has 3 heteroatoms. The molecule has 96 valence electrons. The molecule has 2 heterocycles. The molecule has 17 heavy (non-hydrogen) atoms. The largest absolute Gasteiger partial charge is 0.337 e. The molecule has 3 fully saturated rings. The Bertz CT molecular complexity index is 285. The van der Waals surface area contributed by atoms with E-state index in [-0.39, 0.29) is 0 Å². The van der Waals surface area contributed by atoms with E-state index in [9.17, 15) is 4.79 Å². The molecule has 2 atom stereocenters. The fourth-order valence-corrected chi connectivity index (χ4v) is 4.19. The average Bonchev–Trinajstić information content (AvgIpc) is 2.86. The standard InChI is InChI=1S/C14H24N2O/c15-11-8-12-5-6-13(9-11)16(12)14(17)7-10-3-1-2-4-10/h10-13H,1-9,15H2. The van der Waals surface area contributed by atoms with E-state index in [4.69, 9.17) is 5.73 Å². The Labute approximate surface area is 104 Å². The second-order valence-electron chi connectivity index (χ2n) is 6.27. The summed E-state index contributed by atoms with van der Waals surface area (Å²) in [6, 6.07) is 1.28. The third-order valence-electron chi connectivity index (χ3n) is 5.00. The zero-order valence-electron chi connectivity index (χ0n) is 10.6. The molecule has 2 saturated heterocycles. The molecule has 0 aromatic carbocycles. The number of piperidine rings is 1. The minimum absolute atomic E-state index is 0.336. The molecule has 2 bridgehead atoms. The molecule has 2 unspecified atom stereocenters. The van der Waals surface area contributed by atoms with Crippen molar-refractivity contribution in [1.29, 1.82) is 0 Å². The zero-order chi connectivity index (χ0) is 11.8. The molecule has 0 aromatic rings. The van der Waals surface area contributed by atoms with Crippen LogP contribution in [-0.2, 0) is 4.79 Å². The van der Waals surface area contributed by atoms with Crippen molar-refractivity contribution in [2.45, 2.75) is 75.9 Å². The minimum Gasteiger partial charge on any atom is -0.337 e. The van der Waals surface area contributed by atoms with Crippen LogP contribution < -0.4 is 5.73 Å². The Morgan fingerprint density at radius 3 is 2.24 bits per heavy atom. The first kappa shape index (κ1) is 11.5. The van der Waals surface area contributed by atoms with E-state index in [1.807, 2.05) is 0 Å². The molecule has 3 nitrogen and oxygen atoms in total. The van der Waals surface area contributed by atoms with Crippen molar-refractivity contribution in [3.8, 4) is 0 Å². The van der Waals surface area contributed by atoms with Gasteiger partial charge in [-0.15, -0.1) is 0 Å². The second kappa shape index (κ2) is 4.60. The van der Waals surface area contributed by atoms with Gasteiger partial charge in [0.25, 0.3) is 0 Å². The van der Waals surface area contributed by atoms with Gasteiger partial charge < -0.3 is 10.6 Å². The Morgan fingerprint density at radius 2 is 1.65 bits per heavy atom. The summed E-state index contributed by atoms with van der Waals surface area (Å²) in [7, 11) is 0. The Kier molecular flexibility index (Phi) is 3.12. The number of nitrogens with zero attached hydrogens (tertiary/aromatic N) is 1. The number of hydrogen-bond donors (Lipinski definition) is 1. The fraction of sp³-hybridized carbons (Fsp3) is 0.929. The van der Waals surface area contributed by atoms with Crippen LogP contribution in [0.25, 0.3) is 0 Å². The van der Waals surface area contributed by atoms with Crippen LogP contribution in [0.5, 0.6) is 0 Å². The molecule has 3 rings (SSSR count). The van der Waals surface area contributed by atoms with Crippen LogP contribution in [-0.4, -0.2) is 28.9 Å². The third kappa shape index (κ3) is 2.22. The summed E-state index contributed by atoms with van der Waals surface area (Å²) >= 11 is 0. The van der Waals surface area contributed by atoms with Gasteiger partial charge in [0.15, 0.2) is 0 Å². The highest BCUT2D eigenvalue weighted by Crippen LogP contribution is 2.37. The summed E-state index contributed by atoms with van der Waals surface area (Å²) in [4.78, 5) is 14.6. The van der Waals surface area contributed by atoms with E-state index in [1.54, 1.807) is 0 Å². The van der Waals surface area contributed by atoms with Crippen LogP contribution in [0.15, 0.2) is 0 Å². The maximum Gasteiger partial charge on any atom is 0.223 e. The second-order valence-corrected chi connectivity index (χ2v) is 6.27. The maximum atomic E-state index is 12.4. The molecule has 2 N–H and O–H groups in total. The van der Waals surface area contributed by atoms with E-state index in [1.165, 1.54) is 38.5 Å². The topological polar surface area (TPSA) is 46.3 Å². The predicted molar refractivity (Wildman–Crippen MR) is 67.4 cm³/mol. The van der Waals surface area contributed by atoms with Crippen LogP contribution in [0.2, 0.25) is 0 Å². The summed E-state index contributed by atoms with van der Waals surface area (Å²) in [5.41, 5.74) is 6.04. The van der Waals surface area contributed by atoms with Crippen LogP contribution in [0, 0.1) is 5.92 Å². The molecular weight excluding hydrogens is 212 g/mol. The van der Waals surface area contributed by atoms with E-state index in [2.05, 4.69) is 4.90 Å². The first-order chi connectivity index (χ1) is 8.24. The number of fused-ring (bicyclic) bond motifs is 2. The van der Waals surface area contributed by atoms with Gasteiger partial charge in [-0.05, 0) is 44.4 Å². The van der Waals surface area contributed by atoms with Crippen LogP contribution in [0.1, 0.15) is 57.8 Å². The first-order valence-corrected chi connectivity index (χ1v) is 7.31. The molecule has 1 amide bonds. The van der Waals surface area contributed by atoms with Crippen LogP contribution in [0.4, 0.5) is 0 Å². The van der Waals surface area contributed by atoms with E-state index in [0.717, 1.165) is 19.3 Å². The van der Waals surface area contributed by atoms with Gasteiger partial charge in [0.2, 0.25) is 5.91 Å². The van der Waals surface area contributed by atoms with Crippen molar-refractivity contribution in [3.63, 3.8) is 0 Å². The van der Waals surface area contributed by atoms with Gasteiger partial charge >= 0.3 is 0 Å². The van der Waals surface area contributed by atoms with Gasteiger partial charge in [-0.25, -0.2) is 0 Å². The van der Waals surface area contributed by atoms with Crippen molar-refractivity contribution in [1.82, 2.24) is 4.90 Å². The first-order valence-electron chi connectivity index (χ1n) is 7.31. The van der Waals surface area contributed by atoms with Gasteiger partial charge in [0, 0.05) is 24.5 Å². The Morgan fingerprint density at radius 1 is 1.06 bits per heavy atom. The molecule has 1 saturated carbocycles. The normalized spacial score (nSPS) is 37.7. The van der Waals surface area contributed by atoms with Gasteiger partial charge in [-0.3, -0.25) is 4.79 Å². The average molecular weight is 236 g/mol. The fourth-order valence-electron chi connectivity index (χ4n) is 4.19. The summed E-state index contributed by atoms with van der Waals surface area (Å²) < 4.78 is 0. The lowest BCUT2D eigenvalue weighted by Crippen LogP contribution is -2.50. The van der Waals surface area contributed by atoms with E-state index < -0.39 is 0 Å². The molecule has 0 spiro atoms. The van der Waals surface area contributed by atoms with Gasteiger partial charge in [0.1, 0.15) is 0 Å². The van der Waals surface area contributed by atoms with Crippen molar-refractivity contribution in [3.05, 3.63) is 0 Å². The van der Waals surface area contributed by atoms with Gasteiger partial charge in [-0.2, -0.15) is 0 Å². The predicted octanol–water partition coefficient (Wildman–Crippen LogP) is 2.05. The van der Waals surface area contributed by atoms with Crippen molar-refractivity contribution in [2.24, 2.45) is 11.7 Å². The zero-order valence-corrected chi connectivity index (χ0v) is 10.6. The van der Waals surface area contributed by atoms with E-state index >= 15 is 0 Å². The quantitative estimate of drug-likeness (QED) is 0.797. The van der Waals surface area contributed by atoms with Crippen LogP contribution >= 0.6 is 0 Å². The number of carbonyl (C=O) groups is 1. The molecule has 3 aliphatic rings. The number of amides is 1. The van der Waals surface area contributed by atoms with Crippen molar-refractivity contribution >= 4 is 5.91 Å². The monoisotopic (exact) mass is 236 g/mol. The summed E-state index contributed by atoms with van der Waals surface area (Å²) in [6.07, 6.45) is 10.5. The smallest absolute Gasteiger partial charge is 0.223 e. The number of rotatable bonds is 2.